The molecule has 0 aliphatic carbocycles. The fraction of sp³-hybridized carbons (Fsp3) is 0.263. The Morgan fingerprint density at radius 1 is 0.877 bits per heavy atom. The van der Waals surface area contributed by atoms with Crippen LogP contribution in [0.3, 0.4) is 0 Å². The number of fused-ring (bicyclic) bond motifs is 2. The Labute approximate surface area is 325 Å². The average Bonchev–Trinajstić information content (AvgIpc) is 3.69. The Morgan fingerprint density at radius 2 is 1.49 bits per heavy atom. The van der Waals surface area contributed by atoms with E-state index in [9.17, 15) is 33.0 Å². The molecule has 0 bridgehead atoms. The number of benzene rings is 2. The minimum atomic E-state index is -4.48. The molecule has 7 N–H and O–H groups in total. The zero-order chi connectivity index (χ0) is 41.5. The molecule has 0 saturated heterocycles. The van der Waals surface area contributed by atoms with Gasteiger partial charge in [0.2, 0.25) is 0 Å². The largest absolute Gasteiger partial charge is 0.478 e. The second-order valence-electron chi connectivity index (χ2n) is 12.3. The van der Waals surface area contributed by atoms with Crippen LogP contribution in [0.25, 0.3) is 21.8 Å². The van der Waals surface area contributed by atoms with Crippen molar-refractivity contribution in [3.63, 3.8) is 0 Å². The fourth-order valence-corrected chi connectivity index (χ4v) is 5.21. The molecule has 302 valence electrons. The van der Waals surface area contributed by atoms with E-state index in [2.05, 4.69) is 35.7 Å². The van der Waals surface area contributed by atoms with Gasteiger partial charge in [-0.2, -0.15) is 23.4 Å². The highest BCUT2D eigenvalue weighted by atomic mass is 19.4. The third-order valence-electron chi connectivity index (χ3n) is 8.01. The molecule has 0 aliphatic heterocycles. The summed E-state index contributed by atoms with van der Waals surface area (Å²) >= 11 is 0. The van der Waals surface area contributed by atoms with Gasteiger partial charge in [-0.05, 0) is 69.2 Å². The Kier molecular flexibility index (Phi) is 15.4. The normalized spacial score (nSPS) is 11.3. The van der Waals surface area contributed by atoms with Gasteiger partial charge < -0.3 is 41.3 Å². The zero-order valence-electron chi connectivity index (χ0n) is 31.3. The van der Waals surface area contributed by atoms with Crippen LogP contribution in [0.2, 0.25) is 0 Å². The van der Waals surface area contributed by atoms with Gasteiger partial charge in [-0.1, -0.05) is 18.2 Å². The summed E-state index contributed by atoms with van der Waals surface area (Å²) in [5, 5.41) is 42.4. The van der Waals surface area contributed by atoms with Crippen LogP contribution in [0, 0.1) is 0 Å². The predicted molar refractivity (Wildman–Crippen MR) is 209 cm³/mol. The van der Waals surface area contributed by atoms with E-state index in [0.717, 1.165) is 29.6 Å². The van der Waals surface area contributed by atoms with Crippen molar-refractivity contribution >= 4 is 56.8 Å². The van der Waals surface area contributed by atoms with Gasteiger partial charge in [0.25, 0.3) is 0 Å². The van der Waals surface area contributed by atoms with Crippen LogP contribution in [0.15, 0.2) is 91.7 Å². The molecule has 4 aromatic heterocycles. The summed E-state index contributed by atoms with van der Waals surface area (Å²) in [5.74, 6) is -1.49. The molecule has 0 radical (unpaired) electrons. The SMILES string of the molecule is CN(C)CCOCCn1nc(Nc2cnccc2C(=O)O)c2ccccc21.Cn1nc(Nc2cnccc2C(=O)O)c2cc(C(F)(F)F)ccc21.N/C=C\CCO. The predicted octanol–water partition coefficient (Wildman–Crippen LogP) is 5.72. The number of carboxylic acids is 2. The molecule has 57 heavy (non-hydrogen) atoms. The molecule has 0 amide bonds. The van der Waals surface area contributed by atoms with Gasteiger partial charge in [-0.25, -0.2) is 9.59 Å². The number of aromatic nitrogens is 6. The van der Waals surface area contributed by atoms with Crippen LogP contribution in [0.1, 0.15) is 32.7 Å². The summed E-state index contributed by atoms with van der Waals surface area (Å²) in [7, 11) is 5.60. The maximum absolute atomic E-state index is 12.9. The quantitative estimate of drug-likeness (QED) is 0.0727. The number of aliphatic hydroxyl groups is 1. The number of aryl methyl sites for hydroxylation is 1. The number of alkyl halides is 3. The Balaban J connectivity index is 0.000000222. The third kappa shape index (κ3) is 12.0. The van der Waals surface area contributed by atoms with Crippen molar-refractivity contribution < 1.29 is 42.8 Å². The van der Waals surface area contributed by atoms with Crippen LogP contribution in [-0.4, -0.2) is 102 Å². The molecular weight excluding hydrogens is 749 g/mol. The second-order valence-corrected chi connectivity index (χ2v) is 12.3. The summed E-state index contributed by atoms with van der Waals surface area (Å²) in [5.41, 5.74) is 6.18. The monoisotopic (exact) mass is 792 g/mol. The highest BCUT2D eigenvalue weighted by Gasteiger charge is 2.31. The number of carboxylic acid groups (broad SMARTS) is 2. The number of para-hydroxylation sites is 1. The number of pyridine rings is 2. The van der Waals surface area contributed by atoms with Crippen molar-refractivity contribution in [3.05, 3.63) is 108 Å². The number of rotatable bonds is 14. The number of nitrogens with one attached hydrogen (secondary N) is 2. The van der Waals surface area contributed by atoms with Gasteiger partial charge in [0, 0.05) is 43.4 Å². The second kappa shape index (κ2) is 20.4. The molecule has 6 aromatic rings. The maximum Gasteiger partial charge on any atom is 0.416 e. The smallest absolute Gasteiger partial charge is 0.416 e. The Morgan fingerprint density at radius 3 is 2.04 bits per heavy atom. The van der Waals surface area contributed by atoms with Gasteiger partial charge in [-0.3, -0.25) is 19.3 Å². The minimum Gasteiger partial charge on any atom is -0.478 e. The number of aliphatic hydroxyl groups excluding tert-OH is 1. The lowest BCUT2D eigenvalue weighted by molar-refractivity contribution is -0.137. The molecule has 0 spiro atoms. The number of likely N-dealkylation sites (N-methyl/N-ethyl adjacent to an activating group) is 1. The topological polar surface area (TPSA) is 219 Å². The van der Waals surface area contributed by atoms with E-state index >= 15 is 0 Å². The lowest BCUT2D eigenvalue weighted by Gasteiger charge is -2.10. The third-order valence-corrected chi connectivity index (χ3v) is 8.01. The van der Waals surface area contributed by atoms with Gasteiger partial charge in [0.15, 0.2) is 11.6 Å². The van der Waals surface area contributed by atoms with E-state index in [1.807, 2.05) is 43.0 Å². The molecule has 4 heterocycles. The maximum atomic E-state index is 12.9. The molecule has 16 nitrogen and oxygen atoms in total. The first-order chi connectivity index (χ1) is 27.2. The van der Waals surface area contributed by atoms with E-state index < -0.39 is 23.7 Å². The lowest BCUT2D eigenvalue weighted by atomic mass is 10.1. The number of hydrogen-bond acceptors (Lipinski definition) is 12. The summed E-state index contributed by atoms with van der Waals surface area (Å²) in [6.45, 7) is 2.87. The zero-order valence-corrected chi connectivity index (χ0v) is 31.3. The van der Waals surface area contributed by atoms with E-state index in [0.29, 0.717) is 43.2 Å². The van der Waals surface area contributed by atoms with Gasteiger partial charge >= 0.3 is 18.1 Å². The number of carbonyl (C=O) groups is 2. The van der Waals surface area contributed by atoms with Crippen LogP contribution < -0.4 is 16.4 Å². The van der Waals surface area contributed by atoms with Crippen LogP contribution >= 0.6 is 0 Å². The number of anilines is 4. The number of aromatic carboxylic acids is 2. The summed E-state index contributed by atoms with van der Waals surface area (Å²) in [4.78, 5) is 32.5. The van der Waals surface area contributed by atoms with Crippen molar-refractivity contribution in [1.82, 2.24) is 34.4 Å². The van der Waals surface area contributed by atoms with Crippen molar-refractivity contribution in [2.24, 2.45) is 12.8 Å². The Bertz CT molecular complexity index is 2290. The fourth-order valence-electron chi connectivity index (χ4n) is 5.21. The standard InChI is InChI=1S/C19H23N5O3.C15H11F3N4O2.C4H9NO/c1-23(2)9-11-27-12-10-24-17-6-4-3-5-15(17)18(22-24)21-16-13-20-8-7-14(16)19(25)26;1-22-12-3-2-8(15(16,17)18)6-10(12)13(21-22)20-11-7-19-5-4-9(11)14(23)24;5-3-1-2-4-6/h3-8,13H,9-12H2,1-2H3,(H,21,22)(H,25,26);2-7H,1H3,(H,20,21)(H,23,24);1,3,6H,2,4-5H2/b;;3-1-. The highest BCUT2D eigenvalue weighted by Crippen LogP contribution is 2.34. The van der Waals surface area contributed by atoms with E-state index in [1.165, 1.54) is 53.9 Å². The molecule has 0 saturated carbocycles. The number of hydrogen-bond donors (Lipinski definition) is 6. The molecule has 0 unspecified atom stereocenters. The molecule has 2 aromatic carbocycles. The van der Waals surface area contributed by atoms with E-state index in [4.69, 9.17) is 15.6 Å². The number of nitrogens with zero attached hydrogens (tertiary/aromatic N) is 7. The molecule has 0 atom stereocenters. The summed E-state index contributed by atoms with van der Waals surface area (Å²) in [6.07, 6.45) is 4.84. The van der Waals surface area contributed by atoms with Crippen molar-refractivity contribution in [1.29, 1.82) is 0 Å². The first-order valence-electron chi connectivity index (χ1n) is 17.3. The average molecular weight is 793 g/mol. The lowest BCUT2D eigenvalue weighted by Crippen LogP contribution is -2.19. The van der Waals surface area contributed by atoms with Gasteiger partial charge in [0.05, 0.1) is 71.3 Å². The molecule has 19 heteroatoms. The minimum absolute atomic E-state index is 0.0595. The number of nitrogens with two attached hydrogens (primary N) is 1. The Hall–Kier alpha value is -6.57. The van der Waals surface area contributed by atoms with Crippen LogP contribution in [0.4, 0.5) is 36.2 Å². The van der Waals surface area contributed by atoms with Crippen LogP contribution in [-0.2, 0) is 24.5 Å². The van der Waals surface area contributed by atoms with E-state index in [1.54, 1.807) is 13.1 Å². The first-order valence-corrected chi connectivity index (χ1v) is 17.3. The van der Waals surface area contributed by atoms with Crippen LogP contribution in [0.5, 0.6) is 0 Å². The van der Waals surface area contributed by atoms with Crippen molar-refractivity contribution in [2.75, 3.05) is 51.1 Å². The highest BCUT2D eigenvalue weighted by molar-refractivity contribution is 5.99. The molecular formula is C38H43F3N10O6. The van der Waals surface area contributed by atoms with Gasteiger partial charge in [0.1, 0.15) is 0 Å². The summed E-state index contributed by atoms with van der Waals surface area (Å²) in [6, 6.07) is 13.8. The molecule has 6 rings (SSSR count). The number of ether oxygens (including phenoxy) is 1. The van der Waals surface area contributed by atoms with Crippen molar-refractivity contribution in [3.8, 4) is 0 Å². The van der Waals surface area contributed by atoms with Crippen molar-refractivity contribution in [2.45, 2.75) is 19.1 Å². The van der Waals surface area contributed by atoms with Gasteiger partial charge in [-0.15, -0.1) is 0 Å². The molecule has 0 aliphatic rings. The van der Waals surface area contributed by atoms with E-state index in [-0.39, 0.29) is 34.6 Å². The number of halogens is 3. The summed E-state index contributed by atoms with van der Waals surface area (Å²) < 4.78 is 47.7. The molecule has 0 fully saturated rings. The first kappa shape index (κ1) is 43.2.